The summed E-state index contributed by atoms with van der Waals surface area (Å²) >= 11 is 9.21. The highest BCUT2D eigenvalue weighted by atomic mass is 79.9. The maximum Gasteiger partial charge on any atom is 0.156 e. The molecule has 1 aromatic carbocycles. The quantitative estimate of drug-likeness (QED) is 0.857. The summed E-state index contributed by atoms with van der Waals surface area (Å²) in [4.78, 5) is 0. The number of nitrogens with zero attached hydrogens (tertiary/aromatic N) is 4. The number of hydrogen-bond acceptors (Lipinski definition) is 3. The third-order valence-corrected chi connectivity index (χ3v) is 2.94. The third-order valence-electron chi connectivity index (χ3n) is 2.04. The Bertz CT molecular complexity index is 505. The number of benzene rings is 1. The van der Waals surface area contributed by atoms with E-state index in [0.717, 1.165) is 0 Å². The summed E-state index contributed by atoms with van der Waals surface area (Å²) < 4.78 is 15.1. The Hall–Kier alpha value is -1.01. The van der Waals surface area contributed by atoms with Gasteiger partial charge in [-0.05, 0) is 38.5 Å². The van der Waals surface area contributed by atoms with Gasteiger partial charge in [-0.2, -0.15) is 4.68 Å². The number of rotatable bonds is 2. The standard InChI is InChI=1S/C9H7BrClFN4/c1-2-8-13-14-15-16(8)9-6(10)3-5(12)4-7(9)11/h3-4H,2H2,1H3. The Morgan fingerprint density at radius 2 is 2.25 bits per heavy atom. The van der Waals surface area contributed by atoms with Gasteiger partial charge in [-0.15, -0.1) is 5.10 Å². The highest BCUT2D eigenvalue weighted by Crippen LogP contribution is 2.29. The molecule has 1 heterocycles. The largest absolute Gasteiger partial charge is 0.207 e. The van der Waals surface area contributed by atoms with Crippen LogP contribution in [0.1, 0.15) is 12.7 Å². The molecule has 84 valence electrons. The molecule has 1 aromatic heterocycles. The fourth-order valence-corrected chi connectivity index (χ4v) is 2.34. The Labute approximate surface area is 105 Å². The molecule has 0 fully saturated rings. The monoisotopic (exact) mass is 304 g/mol. The lowest BCUT2D eigenvalue weighted by Gasteiger charge is -2.08. The Morgan fingerprint density at radius 1 is 1.50 bits per heavy atom. The first kappa shape index (κ1) is 11.5. The Kier molecular flexibility index (Phi) is 3.20. The first-order valence-corrected chi connectivity index (χ1v) is 5.72. The molecule has 0 bridgehead atoms. The van der Waals surface area contributed by atoms with Crippen LogP contribution in [0.4, 0.5) is 4.39 Å². The van der Waals surface area contributed by atoms with Gasteiger partial charge in [0.1, 0.15) is 11.5 Å². The molecule has 0 atom stereocenters. The minimum Gasteiger partial charge on any atom is -0.207 e. The number of hydrogen-bond donors (Lipinski definition) is 0. The summed E-state index contributed by atoms with van der Waals surface area (Å²) in [6.45, 7) is 1.92. The van der Waals surface area contributed by atoms with E-state index in [9.17, 15) is 4.39 Å². The zero-order valence-corrected chi connectivity index (χ0v) is 10.6. The number of aromatic nitrogens is 4. The summed E-state index contributed by atoms with van der Waals surface area (Å²) in [5.41, 5.74) is 0.546. The van der Waals surface area contributed by atoms with Crippen LogP contribution >= 0.6 is 27.5 Å². The fourth-order valence-electron chi connectivity index (χ4n) is 1.34. The first-order chi connectivity index (χ1) is 7.63. The minimum absolute atomic E-state index is 0.258. The molecular formula is C9H7BrClFN4. The summed E-state index contributed by atoms with van der Waals surface area (Å²) in [6.07, 6.45) is 0.660. The lowest BCUT2D eigenvalue weighted by molar-refractivity contribution is 0.625. The first-order valence-electron chi connectivity index (χ1n) is 4.55. The van der Waals surface area contributed by atoms with E-state index in [4.69, 9.17) is 11.6 Å². The molecule has 0 saturated heterocycles. The van der Waals surface area contributed by atoms with Gasteiger partial charge in [-0.25, -0.2) is 4.39 Å². The van der Waals surface area contributed by atoms with Crippen LogP contribution < -0.4 is 0 Å². The van der Waals surface area contributed by atoms with Crippen LogP contribution in [-0.4, -0.2) is 20.2 Å². The van der Waals surface area contributed by atoms with Crippen molar-refractivity contribution in [3.8, 4) is 5.69 Å². The van der Waals surface area contributed by atoms with Crippen molar-refractivity contribution in [1.29, 1.82) is 0 Å². The van der Waals surface area contributed by atoms with E-state index in [1.165, 1.54) is 16.8 Å². The van der Waals surface area contributed by atoms with Crippen LogP contribution in [0.5, 0.6) is 0 Å². The second-order valence-corrected chi connectivity index (χ2v) is 4.34. The fraction of sp³-hybridized carbons (Fsp3) is 0.222. The molecule has 0 aliphatic rings. The average Bonchev–Trinajstić information content (AvgIpc) is 2.64. The lowest BCUT2D eigenvalue weighted by Crippen LogP contribution is -2.04. The highest BCUT2D eigenvalue weighted by molar-refractivity contribution is 9.10. The molecule has 0 spiro atoms. The van der Waals surface area contributed by atoms with Gasteiger partial charge >= 0.3 is 0 Å². The maximum atomic E-state index is 13.1. The summed E-state index contributed by atoms with van der Waals surface area (Å²) in [5, 5.41) is 11.5. The third kappa shape index (κ3) is 1.94. The lowest BCUT2D eigenvalue weighted by atomic mass is 10.3. The van der Waals surface area contributed by atoms with Gasteiger partial charge in [0.2, 0.25) is 0 Å². The van der Waals surface area contributed by atoms with Gasteiger partial charge < -0.3 is 0 Å². The molecule has 0 unspecified atom stereocenters. The zero-order chi connectivity index (χ0) is 11.7. The molecule has 0 saturated carbocycles. The number of halogens is 3. The zero-order valence-electron chi connectivity index (χ0n) is 8.28. The van der Waals surface area contributed by atoms with Crippen molar-refractivity contribution in [2.24, 2.45) is 0 Å². The van der Waals surface area contributed by atoms with Crippen molar-refractivity contribution in [3.05, 3.63) is 33.3 Å². The molecule has 2 aromatic rings. The van der Waals surface area contributed by atoms with Crippen molar-refractivity contribution in [1.82, 2.24) is 20.2 Å². The molecule has 4 nitrogen and oxygen atoms in total. The Morgan fingerprint density at radius 3 is 2.88 bits per heavy atom. The van der Waals surface area contributed by atoms with E-state index < -0.39 is 5.82 Å². The van der Waals surface area contributed by atoms with Crippen LogP contribution in [-0.2, 0) is 6.42 Å². The van der Waals surface area contributed by atoms with E-state index in [2.05, 4.69) is 31.5 Å². The van der Waals surface area contributed by atoms with Crippen molar-refractivity contribution < 1.29 is 4.39 Å². The van der Waals surface area contributed by atoms with Crippen LogP contribution in [0.3, 0.4) is 0 Å². The predicted octanol–water partition coefficient (Wildman–Crippen LogP) is 2.78. The molecule has 0 radical (unpaired) electrons. The minimum atomic E-state index is -0.410. The van der Waals surface area contributed by atoms with Crippen LogP contribution in [0.15, 0.2) is 16.6 Å². The molecule has 0 aliphatic heterocycles. The van der Waals surface area contributed by atoms with Crippen LogP contribution in [0.25, 0.3) is 5.69 Å². The second-order valence-electron chi connectivity index (χ2n) is 3.08. The second kappa shape index (κ2) is 4.47. The smallest absolute Gasteiger partial charge is 0.156 e. The van der Waals surface area contributed by atoms with Crippen molar-refractivity contribution in [2.45, 2.75) is 13.3 Å². The average molecular weight is 306 g/mol. The maximum absolute atomic E-state index is 13.1. The van der Waals surface area contributed by atoms with E-state index >= 15 is 0 Å². The number of tetrazole rings is 1. The van der Waals surface area contributed by atoms with E-state index in [0.29, 0.717) is 22.4 Å². The van der Waals surface area contributed by atoms with Crippen molar-refractivity contribution in [2.75, 3.05) is 0 Å². The summed E-state index contributed by atoms with van der Waals surface area (Å²) in [5.74, 6) is 0.251. The summed E-state index contributed by atoms with van der Waals surface area (Å²) in [6, 6.07) is 2.55. The molecule has 16 heavy (non-hydrogen) atoms. The van der Waals surface area contributed by atoms with Gasteiger partial charge in [0.15, 0.2) is 5.82 Å². The van der Waals surface area contributed by atoms with Gasteiger partial charge in [0, 0.05) is 10.9 Å². The molecule has 0 aliphatic carbocycles. The van der Waals surface area contributed by atoms with Crippen molar-refractivity contribution in [3.63, 3.8) is 0 Å². The SMILES string of the molecule is CCc1nnnn1-c1c(Cl)cc(F)cc1Br. The van der Waals surface area contributed by atoms with Gasteiger partial charge in [-0.3, -0.25) is 0 Å². The predicted molar refractivity (Wildman–Crippen MR) is 61.2 cm³/mol. The topological polar surface area (TPSA) is 43.6 Å². The molecule has 2 rings (SSSR count). The van der Waals surface area contributed by atoms with Crippen LogP contribution in [0.2, 0.25) is 5.02 Å². The molecule has 0 N–H and O–H groups in total. The molecule has 0 amide bonds. The van der Waals surface area contributed by atoms with Gasteiger partial charge in [0.05, 0.1) is 5.02 Å². The van der Waals surface area contributed by atoms with Crippen LogP contribution in [0, 0.1) is 5.82 Å². The molecular weight excluding hydrogens is 298 g/mol. The molecule has 7 heteroatoms. The van der Waals surface area contributed by atoms with Gasteiger partial charge in [-0.1, -0.05) is 18.5 Å². The van der Waals surface area contributed by atoms with E-state index in [1.54, 1.807) is 0 Å². The van der Waals surface area contributed by atoms with Gasteiger partial charge in [0.25, 0.3) is 0 Å². The highest BCUT2D eigenvalue weighted by Gasteiger charge is 2.14. The van der Waals surface area contributed by atoms with Crippen molar-refractivity contribution >= 4 is 27.5 Å². The Balaban J connectivity index is 2.64. The number of aryl methyl sites for hydroxylation is 1. The summed E-state index contributed by atoms with van der Waals surface area (Å²) in [7, 11) is 0. The van der Waals surface area contributed by atoms with E-state index in [1.807, 2.05) is 6.92 Å². The van der Waals surface area contributed by atoms with E-state index in [-0.39, 0.29) is 5.02 Å². The normalized spacial score (nSPS) is 10.8.